The Hall–Kier alpha value is -4.73. The van der Waals surface area contributed by atoms with Gasteiger partial charge in [0.2, 0.25) is 0 Å². The Labute approximate surface area is 209 Å². The number of hydrogen-bond donors (Lipinski definition) is 5. The summed E-state index contributed by atoms with van der Waals surface area (Å²) in [6.45, 7) is 3.72. The van der Waals surface area contributed by atoms with Crippen LogP contribution in [-0.4, -0.2) is 52.0 Å². The van der Waals surface area contributed by atoms with Crippen molar-refractivity contribution in [1.82, 2.24) is 25.5 Å². The molecule has 0 saturated heterocycles. The molecule has 0 unspecified atom stereocenters. The number of carbonyl (C=O) groups is 1. The Bertz CT molecular complexity index is 1330. The number of rotatable bonds is 10. The van der Waals surface area contributed by atoms with Gasteiger partial charge in [-0.15, -0.1) is 0 Å². The molecule has 0 atom stereocenters. The zero-order chi connectivity index (χ0) is 25.5. The van der Waals surface area contributed by atoms with Crippen LogP contribution in [0, 0.1) is 0 Å². The van der Waals surface area contributed by atoms with Crippen molar-refractivity contribution in [3.63, 3.8) is 0 Å². The summed E-state index contributed by atoms with van der Waals surface area (Å²) in [7, 11) is 1.79. The molecule has 10 heteroatoms. The molecule has 36 heavy (non-hydrogen) atoms. The van der Waals surface area contributed by atoms with E-state index in [4.69, 9.17) is 15.1 Å². The van der Waals surface area contributed by atoms with Gasteiger partial charge in [-0.2, -0.15) is 5.10 Å². The number of carbonyl (C=O) groups excluding carboxylic acids is 1. The molecule has 0 spiro atoms. The first-order valence-corrected chi connectivity index (χ1v) is 11.5. The second-order valence-corrected chi connectivity index (χ2v) is 8.30. The number of amides is 1. The number of ether oxygens (including phenoxy) is 1. The fourth-order valence-electron chi connectivity index (χ4n) is 3.59. The Kier molecular flexibility index (Phi) is 7.54. The first kappa shape index (κ1) is 24.4. The number of nitrogens with zero attached hydrogens (tertiary/aromatic N) is 3. The van der Waals surface area contributed by atoms with E-state index in [9.17, 15) is 4.79 Å². The van der Waals surface area contributed by atoms with E-state index in [-0.39, 0.29) is 18.6 Å². The van der Waals surface area contributed by atoms with Gasteiger partial charge in [0.25, 0.3) is 5.91 Å². The Morgan fingerprint density at radius 3 is 2.58 bits per heavy atom. The van der Waals surface area contributed by atoms with Gasteiger partial charge in [0.15, 0.2) is 30.2 Å². The van der Waals surface area contributed by atoms with Crippen LogP contribution in [0.2, 0.25) is 0 Å². The molecule has 0 aliphatic carbocycles. The summed E-state index contributed by atoms with van der Waals surface area (Å²) in [4.78, 5) is 21.3. The van der Waals surface area contributed by atoms with E-state index in [2.05, 4.69) is 31.1 Å². The van der Waals surface area contributed by atoms with Crippen LogP contribution >= 0.6 is 0 Å². The van der Waals surface area contributed by atoms with Crippen molar-refractivity contribution in [2.75, 3.05) is 24.3 Å². The largest absolute Gasteiger partial charge is 0.484 e. The van der Waals surface area contributed by atoms with Gasteiger partial charge in [-0.25, -0.2) is 9.97 Å². The van der Waals surface area contributed by atoms with Gasteiger partial charge in [0, 0.05) is 36.1 Å². The standard InChI is InChI=1S/C26H28N8O2/c1-16(2)31-23(35)15-36-21-6-4-5-18(11-21)25-33-22(12-27)24(28-3)26(34-25)32-20-9-7-17(8-10-20)19-13-29-30-14-19/h4-14,16,27-28H,15H2,1-3H3,(H,29,30)(H,31,35)(H,32,33,34)/p+1. The fourth-order valence-corrected chi connectivity index (χ4v) is 3.59. The van der Waals surface area contributed by atoms with E-state index in [1.54, 1.807) is 25.4 Å². The zero-order valence-electron chi connectivity index (χ0n) is 20.4. The van der Waals surface area contributed by atoms with E-state index in [0.29, 0.717) is 28.8 Å². The van der Waals surface area contributed by atoms with Crippen molar-refractivity contribution in [1.29, 1.82) is 0 Å². The van der Waals surface area contributed by atoms with Gasteiger partial charge in [0.1, 0.15) is 11.4 Å². The van der Waals surface area contributed by atoms with Crippen molar-refractivity contribution in [3.05, 3.63) is 66.6 Å². The summed E-state index contributed by atoms with van der Waals surface area (Å²) < 4.78 is 5.67. The maximum atomic E-state index is 11.9. The normalized spacial score (nSPS) is 10.7. The molecular formula is C26H29N8O2+. The molecule has 0 fully saturated rings. The van der Waals surface area contributed by atoms with Crippen LogP contribution in [0.5, 0.6) is 5.75 Å². The lowest BCUT2D eigenvalue weighted by molar-refractivity contribution is -0.123. The number of nitrogens with one attached hydrogen (secondary N) is 4. The highest BCUT2D eigenvalue weighted by Crippen LogP contribution is 2.30. The lowest BCUT2D eigenvalue weighted by Gasteiger charge is -2.15. The van der Waals surface area contributed by atoms with Crippen molar-refractivity contribution in [3.8, 4) is 28.3 Å². The third-order valence-corrected chi connectivity index (χ3v) is 5.24. The first-order chi connectivity index (χ1) is 17.5. The fraction of sp³-hybridized carbons (Fsp3) is 0.192. The predicted molar refractivity (Wildman–Crippen MR) is 140 cm³/mol. The molecule has 6 N–H and O–H groups in total. The molecule has 2 heterocycles. The number of hydrogen-bond acceptors (Lipinski definition) is 7. The molecule has 0 bridgehead atoms. The van der Waals surface area contributed by atoms with Crippen LogP contribution in [-0.2, 0) is 4.79 Å². The molecule has 2 aromatic carbocycles. The van der Waals surface area contributed by atoms with E-state index in [1.165, 1.54) is 6.21 Å². The van der Waals surface area contributed by atoms with Crippen LogP contribution in [0.1, 0.15) is 19.5 Å². The van der Waals surface area contributed by atoms with Crippen LogP contribution < -0.4 is 26.1 Å². The molecule has 10 nitrogen and oxygen atoms in total. The highest BCUT2D eigenvalue weighted by atomic mass is 16.5. The number of aromatic amines is 1. The summed E-state index contributed by atoms with van der Waals surface area (Å²) in [5.74, 6) is 1.38. The highest BCUT2D eigenvalue weighted by molar-refractivity contribution is 5.89. The molecule has 184 valence electrons. The number of H-pyrrole nitrogens is 1. The Balaban J connectivity index is 1.60. The minimum atomic E-state index is -0.185. The quantitative estimate of drug-likeness (QED) is 0.217. The highest BCUT2D eigenvalue weighted by Gasteiger charge is 2.16. The minimum absolute atomic E-state index is 0.0465. The SMILES string of the molecule is CNc1c(C=[NH2+])nc(-c2cccc(OCC(=O)NC(C)C)c2)nc1Nc1ccc(-c2cn[nH]c2)cc1. The smallest absolute Gasteiger partial charge is 0.258 e. The summed E-state index contributed by atoms with van der Waals surface area (Å²) in [6, 6.07) is 15.3. The molecule has 0 saturated carbocycles. The number of nitrogens with two attached hydrogens (primary N) is 1. The number of anilines is 3. The molecule has 0 aliphatic heterocycles. The summed E-state index contributed by atoms with van der Waals surface area (Å²) in [5, 5.41) is 22.0. The molecule has 0 radical (unpaired) electrons. The summed E-state index contributed by atoms with van der Waals surface area (Å²) in [6.07, 6.45) is 5.05. The van der Waals surface area contributed by atoms with Gasteiger partial charge in [-0.3, -0.25) is 15.3 Å². The van der Waals surface area contributed by atoms with Gasteiger partial charge in [0.05, 0.1) is 6.20 Å². The zero-order valence-corrected chi connectivity index (χ0v) is 20.4. The van der Waals surface area contributed by atoms with Crippen LogP contribution in [0.4, 0.5) is 17.2 Å². The third-order valence-electron chi connectivity index (χ3n) is 5.24. The van der Waals surface area contributed by atoms with Gasteiger partial charge < -0.3 is 20.7 Å². The molecule has 0 aliphatic rings. The van der Waals surface area contributed by atoms with E-state index >= 15 is 0 Å². The summed E-state index contributed by atoms with van der Waals surface area (Å²) in [5.41, 5.74) is 4.83. The second kappa shape index (κ2) is 11.1. The lowest BCUT2D eigenvalue weighted by atomic mass is 10.1. The van der Waals surface area contributed by atoms with Crippen molar-refractivity contribution < 1.29 is 14.9 Å². The first-order valence-electron chi connectivity index (χ1n) is 11.5. The average Bonchev–Trinajstić information content (AvgIpc) is 3.42. The Morgan fingerprint density at radius 1 is 1.11 bits per heavy atom. The van der Waals surface area contributed by atoms with E-state index in [0.717, 1.165) is 22.4 Å². The summed E-state index contributed by atoms with van der Waals surface area (Å²) >= 11 is 0. The maximum absolute atomic E-state index is 11.9. The van der Waals surface area contributed by atoms with Crippen molar-refractivity contribution in [2.45, 2.75) is 19.9 Å². The second-order valence-electron chi connectivity index (χ2n) is 8.30. The third kappa shape index (κ3) is 5.84. The monoisotopic (exact) mass is 485 g/mol. The van der Waals surface area contributed by atoms with Crippen LogP contribution in [0.15, 0.2) is 60.9 Å². The van der Waals surface area contributed by atoms with Crippen molar-refractivity contribution in [2.24, 2.45) is 0 Å². The molecule has 1 amide bonds. The van der Waals surface area contributed by atoms with E-state index < -0.39 is 0 Å². The van der Waals surface area contributed by atoms with Gasteiger partial charge in [-0.05, 0) is 43.7 Å². The van der Waals surface area contributed by atoms with E-state index in [1.807, 2.05) is 56.4 Å². The average molecular weight is 486 g/mol. The lowest BCUT2D eigenvalue weighted by Crippen LogP contribution is -2.34. The van der Waals surface area contributed by atoms with Crippen LogP contribution in [0.25, 0.3) is 22.5 Å². The van der Waals surface area contributed by atoms with Gasteiger partial charge in [-0.1, -0.05) is 24.3 Å². The molecule has 4 aromatic rings. The molecule has 4 rings (SSSR count). The molecular weight excluding hydrogens is 456 g/mol. The number of benzene rings is 2. The topological polar surface area (TPSA) is 142 Å². The molecule has 2 aromatic heterocycles. The van der Waals surface area contributed by atoms with Crippen LogP contribution in [0.3, 0.4) is 0 Å². The maximum Gasteiger partial charge on any atom is 0.258 e. The van der Waals surface area contributed by atoms with Gasteiger partial charge >= 0.3 is 0 Å². The predicted octanol–water partition coefficient (Wildman–Crippen LogP) is 2.40. The Morgan fingerprint density at radius 2 is 1.92 bits per heavy atom. The van der Waals surface area contributed by atoms with Crippen molar-refractivity contribution >= 4 is 29.3 Å². The minimum Gasteiger partial charge on any atom is -0.484 e. The number of aromatic nitrogens is 4.